The summed E-state index contributed by atoms with van der Waals surface area (Å²) in [5, 5.41) is 2.49. The summed E-state index contributed by atoms with van der Waals surface area (Å²) in [5.74, 6) is -0.187. The lowest BCUT2D eigenvalue weighted by Gasteiger charge is -2.03. The molecule has 0 aliphatic heterocycles. The third-order valence-corrected chi connectivity index (χ3v) is 2.43. The predicted octanol–water partition coefficient (Wildman–Crippen LogP) is 0.958. The van der Waals surface area contributed by atoms with Gasteiger partial charge in [-0.25, -0.2) is 0 Å². The second-order valence-electron chi connectivity index (χ2n) is 3.29. The standard InChI is InChI=1S/C10H12FNO4S/c1-12-10(13)7-4-8-2-5-9(6-3-8)16-17(11,14)15/h2-3,5-6H,4,7H2,1H3,(H,12,13). The van der Waals surface area contributed by atoms with Crippen LogP contribution in [-0.4, -0.2) is 21.4 Å². The molecule has 0 aliphatic rings. The molecule has 0 saturated heterocycles. The second kappa shape index (κ2) is 5.62. The Morgan fingerprint density at radius 3 is 2.41 bits per heavy atom. The van der Waals surface area contributed by atoms with E-state index in [1.54, 1.807) is 19.2 Å². The average molecular weight is 261 g/mol. The molecular formula is C10H12FNO4S. The van der Waals surface area contributed by atoms with E-state index < -0.39 is 10.5 Å². The summed E-state index contributed by atoms with van der Waals surface area (Å²) >= 11 is 0. The van der Waals surface area contributed by atoms with Gasteiger partial charge in [0, 0.05) is 13.5 Å². The van der Waals surface area contributed by atoms with Crippen LogP contribution in [-0.2, 0) is 21.7 Å². The van der Waals surface area contributed by atoms with Gasteiger partial charge >= 0.3 is 10.5 Å². The highest BCUT2D eigenvalue weighted by Gasteiger charge is 2.09. The third kappa shape index (κ3) is 5.30. The zero-order valence-corrected chi connectivity index (χ0v) is 9.96. The van der Waals surface area contributed by atoms with Crippen LogP contribution in [0, 0.1) is 0 Å². The summed E-state index contributed by atoms with van der Waals surface area (Å²) in [5.41, 5.74) is 0.831. The molecule has 0 bridgehead atoms. The van der Waals surface area contributed by atoms with Gasteiger partial charge in [0.15, 0.2) is 0 Å². The number of amides is 1. The first-order chi connectivity index (χ1) is 7.90. The smallest absolute Gasteiger partial charge is 0.359 e. The van der Waals surface area contributed by atoms with Crippen molar-refractivity contribution in [1.29, 1.82) is 0 Å². The van der Waals surface area contributed by atoms with Crippen LogP contribution < -0.4 is 9.50 Å². The molecule has 7 heteroatoms. The van der Waals surface area contributed by atoms with Gasteiger partial charge in [0.05, 0.1) is 0 Å². The maximum Gasteiger partial charge on any atom is 0.488 e. The highest BCUT2D eigenvalue weighted by molar-refractivity contribution is 7.81. The van der Waals surface area contributed by atoms with Crippen LogP contribution in [0.2, 0.25) is 0 Å². The van der Waals surface area contributed by atoms with Crippen molar-refractivity contribution in [3.8, 4) is 5.75 Å². The van der Waals surface area contributed by atoms with E-state index in [1.807, 2.05) is 0 Å². The van der Waals surface area contributed by atoms with Crippen molar-refractivity contribution in [2.45, 2.75) is 12.8 Å². The van der Waals surface area contributed by atoms with Crippen molar-refractivity contribution in [2.75, 3.05) is 7.05 Å². The molecule has 0 radical (unpaired) electrons. The summed E-state index contributed by atoms with van der Waals surface area (Å²) in [4.78, 5) is 11.0. The zero-order valence-electron chi connectivity index (χ0n) is 9.14. The normalized spacial score (nSPS) is 10.9. The van der Waals surface area contributed by atoms with Crippen LogP contribution in [0.25, 0.3) is 0 Å². The number of hydrogen-bond donors (Lipinski definition) is 1. The molecule has 1 rings (SSSR count). The highest BCUT2D eigenvalue weighted by atomic mass is 32.3. The number of rotatable bonds is 5. The van der Waals surface area contributed by atoms with Gasteiger partial charge in [-0.05, 0) is 24.1 Å². The molecule has 0 aliphatic carbocycles. The maximum absolute atomic E-state index is 12.2. The van der Waals surface area contributed by atoms with Gasteiger partial charge in [-0.15, -0.1) is 0 Å². The van der Waals surface area contributed by atoms with E-state index in [2.05, 4.69) is 9.50 Å². The molecular weight excluding hydrogens is 249 g/mol. The van der Waals surface area contributed by atoms with Crippen LogP contribution in [0.4, 0.5) is 3.89 Å². The fourth-order valence-corrected chi connectivity index (χ4v) is 1.55. The summed E-state index contributed by atoms with van der Waals surface area (Å²) in [6, 6.07) is 5.81. The van der Waals surface area contributed by atoms with E-state index in [9.17, 15) is 17.1 Å². The molecule has 94 valence electrons. The monoisotopic (exact) mass is 261 g/mol. The van der Waals surface area contributed by atoms with Crippen LogP contribution in [0.1, 0.15) is 12.0 Å². The molecule has 0 spiro atoms. The number of nitrogens with one attached hydrogen (secondary N) is 1. The number of benzene rings is 1. The minimum Gasteiger partial charge on any atom is -0.359 e. The summed E-state index contributed by atoms with van der Waals surface area (Å²) in [6.07, 6.45) is 0.848. The van der Waals surface area contributed by atoms with Crippen LogP contribution in [0.5, 0.6) is 5.75 Å². The van der Waals surface area contributed by atoms with Crippen molar-refractivity contribution in [2.24, 2.45) is 0 Å². The quantitative estimate of drug-likeness (QED) is 0.801. The van der Waals surface area contributed by atoms with E-state index >= 15 is 0 Å². The lowest BCUT2D eigenvalue weighted by molar-refractivity contribution is -0.120. The van der Waals surface area contributed by atoms with Crippen LogP contribution >= 0.6 is 0 Å². The fraction of sp³-hybridized carbons (Fsp3) is 0.300. The first kappa shape index (κ1) is 13.4. The first-order valence-electron chi connectivity index (χ1n) is 4.84. The Kier molecular flexibility index (Phi) is 4.45. The van der Waals surface area contributed by atoms with Crippen LogP contribution in [0.3, 0.4) is 0 Å². The van der Waals surface area contributed by atoms with Gasteiger partial charge in [0.1, 0.15) is 5.75 Å². The largest absolute Gasteiger partial charge is 0.488 e. The van der Waals surface area contributed by atoms with Crippen molar-refractivity contribution in [1.82, 2.24) is 5.32 Å². The maximum atomic E-state index is 12.2. The van der Waals surface area contributed by atoms with Crippen molar-refractivity contribution in [3.63, 3.8) is 0 Å². The Morgan fingerprint density at radius 2 is 1.94 bits per heavy atom. The summed E-state index contributed by atoms with van der Waals surface area (Å²) in [7, 11) is -3.44. The zero-order chi connectivity index (χ0) is 12.9. The fourth-order valence-electron chi connectivity index (χ4n) is 1.21. The van der Waals surface area contributed by atoms with E-state index in [-0.39, 0.29) is 11.7 Å². The van der Waals surface area contributed by atoms with Gasteiger partial charge in [-0.2, -0.15) is 8.42 Å². The Morgan fingerprint density at radius 1 is 1.35 bits per heavy atom. The average Bonchev–Trinajstić information content (AvgIpc) is 2.25. The molecule has 0 fully saturated rings. The number of aryl methyl sites for hydroxylation is 1. The van der Waals surface area contributed by atoms with Crippen molar-refractivity contribution in [3.05, 3.63) is 29.8 Å². The van der Waals surface area contributed by atoms with Gasteiger partial charge in [0.2, 0.25) is 5.91 Å². The highest BCUT2D eigenvalue weighted by Crippen LogP contribution is 2.15. The minimum absolute atomic E-state index is 0.0864. The van der Waals surface area contributed by atoms with Gasteiger partial charge < -0.3 is 9.50 Å². The summed E-state index contributed by atoms with van der Waals surface area (Å²) in [6.45, 7) is 0. The second-order valence-corrected chi connectivity index (χ2v) is 4.25. The lowest BCUT2D eigenvalue weighted by Crippen LogP contribution is -2.17. The van der Waals surface area contributed by atoms with E-state index in [1.165, 1.54) is 12.1 Å². The van der Waals surface area contributed by atoms with Crippen LogP contribution in [0.15, 0.2) is 24.3 Å². The summed E-state index contributed by atoms with van der Waals surface area (Å²) < 4.78 is 36.6. The Bertz CT molecular complexity index is 484. The van der Waals surface area contributed by atoms with Gasteiger partial charge in [-0.3, -0.25) is 4.79 Å². The Hall–Kier alpha value is -1.63. The molecule has 0 atom stereocenters. The molecule has 5 nitrogen and oxygen atoms in total. The number of hydrogen-bond acceptors (Lipinski definition) is 4. The minimum atomic E-state index is -4.98. The topological polar surface area (TPSA) is 72.5 Å². The molecule has 0 unspecified atom stereocenters. The van der Waals surface area contributed by atoms with E-state index in [4.69, 9.17) is 0 Å². The van der Waals surface area contributed by atoms with E-state index in [0.29, 0.717) is 12.8 Å². The molecule has 0 saturated carbocycles. The van der Waals surface area contributed by atoms with Gasteiger partial charge in [-0.1, -0.05) is 16.0 Å². The lowest BCUT2D eigenvalue weighted by atomic mass is 10.1. The molecule has 1 aromatic carbocycles. The number of halogens is 1. The number of carbonyl (C=O) groups excluding carboxylic acids is 1. The SMILES string of the molecule is CNC(=O)CCc1ccc(OS(=O)(=O)F)cc1. The van der Waals surface area contributed by atoms with E-state index in [0.717, 1.165) is 5.56 Å². The third-order valence-electron chi connectivity index (χ3n) is 2.04. The molecule has 0 aromatic heterocycles. The number of carbonyl (C=O) groups is 1. The Labute approximate surface area is 99.0 Å². The molecule has 0 heterocycles. The molecule has 17 heavy (non-hydrogen) atoms. The molecule has 1 aromatic rings. The Balaban J connectivity index is 2.59. The van der Waals surface area contributed by atoms with Crippen molar-refractivity contribution < 1.29 is 21.3 Å². The predicted molar refractivity (Wildman–Crippen MR) is 59.5 cm³/mol. The first-order valence-corrected chi connectivity index (χ1v) is 6.15. The van der Waals surface area contributed by atoms with Crippen molar-refractivity contribution >= 4 is 16.4 Å². The van der Waals surface area contributed by atoms with Gasteiger partial charge in [0.25, 0.3) is 0 Å². The molecule has 1 N–H and O–H groups in total. The molecule has 1 amide bonds.